The summed E-state index contributed by atoms with van der Waals surface area (Å²) < 4.78 is 11.9. The molecule has 6 nitrogen and oxygen atoms in total. The summed E-state index contributed by atoms with van der Waals surface area (Å²) in [6.07, 6.45) is 6.44. The van der Waals surface area contributed by atoms with E-state index in [1.165, 1.54) is 6.92 Å². The lowest BCUT2D eigenvalue weighted by Gasteiger charge is -2.63. The van der Waals surface area contributed by atoms with Crippen LogP contribution in [0.3, 0.4) is 0 Å². The first kappa shape index (κ1) is 25.7. The third kappa shape index (κ3) is 3.65. The minimum Gasteiger partial charge on any atom is -0.462 e. The third-order valence-corrected chi connectivity index (χ3v) is 10.8. The van der Waals surface area contributed by atoms with Crippen LogP contribution < -0.4 is 0 Å². The number of fused-ring (bicyclic) bond motifs is 5. The Bertz CT molecular complexity index is 839. The Kier molecular flexibility index (Phi) is 6.72. The van der Waals surface area contributed by atoms with Crippen molar-refractivity contribution < 1.29 is 29.0 Å². The molecule has 0 aliphatic heterocycles. The van der Waals surface area contributed by atoms with Crippen molar-refractivity contribution in [3.8, 4) is 0 Å². The molecule has 0 amide bonds. The molecule has 0 aromatic rings. The van der Waals surface area contributed by atoms with Crippen LogP contribution in [0.5, 0.6) is 0 Å². The summed E-state index contributed by atoms with van der Waals surface area (Å²) in [5.74, 6) is 0.525. The van der Waals surface area contributed by atoms with Crippen molar-refractivity contribution in [1.29, 1.82) is 0 Å². The second kappa shape index (κ2) is 8.90. The summed E-state index contributed by atoms with van der Waals surface area (Å²) in [6, 6.07) is 0. The van der Waals surface area contributed by atoms with E-state index >= 15 is 0 Å². The van der Waals surface area contributed by atoms with Gasteiger partial charge in [-0.25, -0.2) is 0 Å². The lowest BCUT2D eigenvalue weighted by molar-refractivity contribution is -0.216. The molecule has 0 heterocycles. The van der Waals surface area contributed by atoms with Crippen LogP contribution in [0.1, 0.15) is 99.3 Å². The van der Waals surface area contributed by atoms with E-state index in [0.717, 1.165) is 38.5 Å². The predicted molar refractivity (Wildman–Crippen MR) is 128 cm³/mol. The molecule has 0 bridgehead atoms. The Morgan fingerprint density at radius 2 is 1.62 bits per heavy atom. The van der Waals surface area contributed by atoms with E-state index in [-0.39, 0.29) is 53.1 Å². The molecule has 0 aromatic carbocycles. The highest BCUT2D eigenvalue weighted by Gasteiger charge is 2.71. The fraction of sp³-hybridized carbons (Fsp3) is 0.893. The van der Waals surface area contributed by atoms with Crippen molar-refractivity contribution in [3.05, 3.63) is 0 Å². The van der Waals surface area contributed by atoms with Gasteiger partial charge in [0.15, 0.2) is 5.78 Å². The molecule has 0 saturated heterocycles. The number of ketones is 1. The summed E-state index contributed by atoms with van der Waals surface area (Å²) >= 11 is 0. The fourth-order valence-corrected chi connectivity index (χ4v) is 9.13. The molecule has 4 aliphatic carbocycles. The first-order valence-electron chi connectivity index (χ1n) is 13.5. The highest BCUT2D eigenvalue weighted by atomic mass is 16.5. The van der Waals surface area contributed by atoms with Gasteiger partial charge in [-0.15, -0.1) is 0 Å². The Morgan fingerprint density at radius 3 is 2.24 bits per heavy atom. The first-order valence-corrected chi connectivity index (χ1v) is 13.5. The third-order valence-electron chi connectivity index (χ3n) is 10.8. The largest absolute Gasteiger partial charge is 0.462 e. The molecule has 192 valence electrons. The molecule has 0 aromatic heterocycles. The quantitative estimate of drug-likeness (QED) is 0.571. The zero-order valence-electron chi connectivity index (χ0n) is 21.9. The van der Waals surface area contributed by atoms with E-state index in [1.807, 2.05) is 20.8 Å². The van der Waals surface area contributed by atoms with Crippen molar-refractivity contribution in [2.45, 2.75) is 117 Å². The van der Waals surface area contributed by atoms with E-state index in [4.69, 9.17) is 9.47 Å². The number of aliphatic hydroxyl groups is 1. The van der Waals surface area contributed by atoms with E-state index in [9.17, 15) is 19.5 Å². The molecule has 4 rings (SSSR count). The second-order valence-corrected chi connectivity index (χ2v) is 12.3. The minimum absolute atomic E-state index is 0.0157. The van der Waals surface area contributed by atoms with Gasteiger partial charge in [0.1, 0.15) is 17.8 Å². The Balaban J connectivity index is 1.69. The molecule has 1 N–H and O–H groups in total. The van der Waals surface area contributed by atoms with Crippen molar-refractivity contribution in [2.24, 2.45) is 40.4 Å². The minimum atomic E-state index is -1.39. The number of hydrogen-bond acceptors (Lipinski definition) is 6. The number of Topliss-reactive ketones (excluding diaryl/α,β-unsaturated/α-hetero) is 1. The smallest absolute Gasteiger partial charge is 0.305 e. The van der Waals surface area contributed by atoms with E-state index < -0.39 is 11.0 Å². The molecule has 0 unspecified atom stereocenters. The molecule has 4 fully saturated rings. The van der Waals surface area contributed by atoms with E-state index in [2.05, 4.69) is 13.8 Å². The molecule has 34 heavy (non-hydrogen) atoms. The lowest BCUT2D eigenvalue weighted by Crippen LogP contribution is -2.64. The maximum Gasteiger partial charge on any atom is 0.305 e. The number of ether oxygens (including phenoxy) is 2. The van der Waals surface area contributed by atoms with Crippen LogP contribution in [0, 0.1) is 40.4 Å². The van der Waals surface area contributed by atoms with Gasteiger partial charge < -0.3 is 14.6 Å². The van der Waals surface area contributed by atoms with E-state index in [1.54, 1.807) is 0 Å². The van der Waals surface area contributed by atoms with Crippen LogP contribution >= 0.6 is 0 Å². The molecule has 10 atom stereocenters. The number of carbonyl (C=O) groups excluding carboxylic acids is 3. The zero-order chi connectivity index (χ0) is 25.1. The summed E-state index contributed by atoms with van der Waals surface area (Å²) in [6.45, 7) is 11.6. The second-order valence-electron chi connectivity index (χ2n) is 12.3. The van der Waals surface area contributed by atoms with Gasteiger partial charge in [-0.2, -0.15) is 0 Å². The van der Waals surface area contributed by atoms with E-state index in [0.29, 0.717) is 31.1 Å². The van der Waals surface area contributed by atoms with Crippen LogP contribution in [0.4, 0.5) is 0 Å². The van der Waals surface area contributed by atoms with Crippen molar-refractivity contribution in [3.63, 3.8) is 0 Å². The van der Waals surface area contributed by atoms with Crippen LogP contribution in [0.25, 0.3) is 0 Å². The summed E-state index contributed by atoms with van der Waals surface area (Å²) in [7, 11) is 0. The van der Waals surface area contributed by atoms with Gasteiger partial charge in [0.05, 0.1) is 0 Å². The molecule has 0 radical (unpaired) electrons. The highest BCUT2D eigenvalue weighted by molar-refractivity contribution is 5.86. The maximum absolute atomic E-state index is 12.8. The molecule has 6 heteroatoms. The standard InChI is InChI=1S/C28H44O6/c1-7-23(30)33-19-11-12-26(5)18(14-19)9-10-20-21-13-16(3)28(32,17(4)29)27(21,6)15-22(25(20)26)34-24(31)8-2/h16,18-22,25,32H,7-15H2,1-6H3/t16-,18+,19-,20+,21+,22-,25-,26+,27+,28+/m1/s1. The molecular weight excluding hydrogens is 432 g/mol. The van der Waals surface area contributed by atoms with Gasteiger partial charge >= 0.3 is 11.9 Å². The van der Waals surface area contributed by atoms with Gasteiger partial charge in [0.25, 0.3) is 0 Å². The summed E-state index contributed by atoms with van der Waals surface area (Å²) in [5, 5.41) is 11.8. The van der Waals surface area contributed by atoms with Crippen LogP contribution in [0.2, 0.25) is 0 Å². The average Bonchev–Trinajstić information content (AvgIpc) is 3.00. The number of carbonyl (C=O) groups is 3. The topological polar surface area (TPSA) is 89.9 Å². The normalized spacial score (nSPS) is 47.7. The summed E-state index contributed by atoms with van der Waals surface area (Å²) in [5.41, 5.74) is -2.00. The molecular formula is C28H44O6. The van der Waals surface area contributed by atoms with Gasteiger partial charge in [0.2, 0.25) is 0 Å². The first-order chi connectivity index (χ1) is 15.9. The monoisotopic (exact) mass is 476 g/mol. The molecule has 4 saturated carbocycles. The van der Waals surface area contributed by atoms with Crippen LogP contribution in [0.15, 0.2) is 0 Å². The van der Waals surface area contributed by atoms with Crippen molar-refractivity contribution >= 4 is 17.7 Å². The number of rotatable bonds is 5. The summed E-state index contributed by atoms with van der Waals surface area (Å²) in [4.78, 5) is 37.3. The van der Waals surface area contributed by atoms with Crippen molar-refractivity contribution in [1.82, 2.24) is 0 Å². The highest BCUT2D eigenvalue weighted by Crippen LogP contribution is 2.69. The lowest BCUT2D eigenvalue weighted by atomic mass is 9.43. The Labute approximate surface area is 204 Å². The van der Waals surface area contributed by atoms with Crippen molar-refractivity contribution in [2.75, 3.05) is 0 Å². The predicted octanol–water partition coefficient (Wildman–Crippen LogP) is 4.85. The number of esters is 2. The molecule has 0 spiro atoms. The average molecular weight is 477 g/mol. The van der Waals surface area contributed by atoms with Crippen LogP contribution in [-0.4, -0.2) is 40.6 Å². The number of hydrogen-bond donors (Lipinski definition) is 1. The van der Waals surface area contributed by atoms with Crippen LogP contribution in [-0.2, 0) is 23.9 Å². The van der Waals surface area contributed by atoms with Gasteiger partial charge in [-0.3, -0.25) is 14.4 Å². The van der Waals surface area contributed by atoms with Gasteiger partial charge in [-0.05, 0) is 81.0 Å². The maximum atomic E-state index is 12.8. The molecule has 4 aliphatic rings. The SMILES string of the molecule is CCC(=O)O[C@@H]1CC[C@@]2(C)[C@@H](CC[C@@H]3[C@@H]2[C@H](OC(=O)CC)C[C@@]2(C)[C@H]3C[C@@H](C)[C@]2(O)C(C)=O)C1. The van der Waals surface area contributed by atoms with Gasteiger partial charge in [-0.1, -0.05) is 34.6 Å². The van der Waals surface area contributed by atoms with Gasteiger partial charge in [0, 0.05) is 24.2 Å². The Hall–Kier alpha value is -1.43. The Morgan fingerprint density at radius 1 is 0.971 bits per heavy atom. The fourth-order valence-electron chi connectivity index (χ4n) is 9.13. The zero-order valence-corrected chi connectivity index (χ0v) is 21.9.